The summed E-state index contributed by atoms with van der Waals surface area (Å²) in [5.41, 5.74) is 6.14. The number of amides is 2. The van der Waals surface area contributed by atoms with Crippen LogP contribution in [0.25, 0.3) is 10.6 Å². The molecule has 0 bridgehead atoms. The van der Waals surface area contributed by atoms with E-state index in [0.717, 1.165) is 10.6 Å². The van der Waals surface area contributed by atoms with E-state index in [4.69, 9.17) is 10.5 Å². The molecule has 3 N–H and O–H groups in total. The highest BCUT2D eigenvalue weighted by atomic mass is 32.1. The lowest BCUT2D eigenvalue weighted by Crippen LogP contribution is -2.21. The molecule has 0 aliphatic rings. The summed E-state index contributed by atoms with van der Waals surface area (Å²) in [4.78, 5) is 32.6. The molecular weight excluding hydrogens is 340 g/mol. The van der Waals surface area contributed by atoms with Gasteiger partial charge in [0.25, 0.3) is 11.8 Å². The summed E-state index contributed by atoms with van der Waals surface area (Å²) in [6, 6.07) is 12.2. The number of anilines is 1. The molecule has 126 valence electrons. The highest BCUT2D eigenvalue weighted by Crippen LogP contribution is 2.28. The molecule has 1 aromatic carbocycles. The van der Waals surface area contributed by atoms with Gasteiger partial charge in [0, 0.05) is 12.4 Å². The summed E-state index contributed by atoms with van der Waals surface area (Å²) < 4.78 is 5.27. The summed E-state index contributed by atoms with van der Waals surface area (Å²) in [5, 5.41) is 3.16. The van der Waals surface area contributed by atoms with Crippen LogP contribution in [-0.4, -0.2) is 28.4 Å². The highest BCUT2D eigenvalue weighted by molar-refractivity contribution is 7.19. The fourth-order valence-corrected chi connectivity index (χ4v) is 2.84. The van der Waals surface area contributed by atoms with E-state index in [0.29, 0.717) is 10.7 Å². The minimum atomic E-state index is -0.616. The fourth-order valence-electron chi connectivity index (χ4n) is 2.05. The van der Waals surface area contributed by atoms with Gasteiger partial charge in [-0.15, -0.1) is 0 Å². The van der Waals surface area contributed by atoms with Crippen molar-refractivity contribution >= 4 is 28.3 Å². The molecule has 2 aromatic heterocycles. The molecule has 0 atom stereocenters. The molecule has 0 unspecified atom stereocenters. The summed E-state index contributed by atoms with van der Waals surface area (Å²) >= 11 is 1.31. The average Bonchev–Trinajstić information content (AvgIpc) is 3.09. The Morgan fingerprint density at radius 2 is 1.92 bits per heavy atom. The number of hydrogen-bond acceptors (Lipinski definition) is 6. The van der Waals surface area contributed by atoms with Crippen molar-refractivity contribution in [1.29, 1.82) is 0 Å². The lowest BCUT2D eigenvalue weighted by Gasteiger charge is -2.09. The Bertz CT molecular complexity index is 896. The zero-order valence-electron chi connectivity index (χ0n) is 13.0. The summed E-state index contributed by atoms with van der Waals surface area (Å²) in [7, 11) is 0. The number of rotatable bonds is 6. The number of nitrogens with one attached hydrogen (secondary N) is 1. The zero-order chi connectivity index (χ0) is 17.6. The first-order chi connectivity index (χ1) is 12.1. The largest absolute Gasteiger partial charge is 0.483 e. The maximum atomic E-state index is 12.5. The van der Waals surface area contributed by atoms with Crippen LogP contribution in [0.3, 0.4) is 0 Å². The van der Waals surface area contributed by atoms with E-state index in [9.17, 15) is 9.59 Å². The first kappa shape index (κ1) is 16.6. The monoisotopic (exact) mass is 354 g/mol. The SMILES string of the molecule is NC(=O)COc1ccccc1C(=O)Nc1ncc(-c2ccccn2)s1. The van der Waals surface area contributed by atoms with Crippen LogP contribution in [0.2, 0.25) is 0 Å². The second-order valence-corrected chi connectivity index (χ2v) is 5.98. The van der Waals surface area contributed by atoms with Crippen molar-refractivity contribution in [3.8, 4) is 16.3 Å². The van der Waals surface area contributed by atoms with E-state index in [1.807, 2.05) is 18.2 Å². The first-order valence-corrected chi connectivity index (χ1v) is 8.14. The second-order valence-electron chi connectivity index (χ2n) is 4.95. The molecule has 3 rings (SSSR count). The van der Waals surface area contributed by atoms with Gasteiger partial charge >= 0.3 is 0 Å². The van der Waals surface area contributed by atoms with Crippen LogP contribution < -0.4 is 15.8 Å². The van der Waals surface area contributed by atoms with Gasteiger partial charge in [0.2, 0.25) is 0 Å². The van der Waals surface area contributed by atoms with Gasteiger partial charge < -0.3 is 10.5 Å². The van der Waals surface area contributed by atoms with E-state index >= 15 is 0 Å². The molecule has 0 fully saturated rings. The molecule has 0 aliphatic heterocycles. The van der Waals surface area contributed by atoms with Crippen LogP contribution in [0.1, 0.15) is 10.4 Å². The Kier molecular flexibility index (Phi) is 5.00. The second kappa shape index (κ2) is 7.54. The van der Waals surface area contributed by atoms with Crippen LogP contribution in [0, 0.1) is 0 Å². The van der Waals surface area contributed by atoms with Crippen LogP contribution in [0.4, 0.5) is 5.13 Å². The fraction of sp³-hybridized carbons (Fsp3) is 0.0588. The number of nitrogens with zero attached hydrogens (tertiary/aromatic N) is 2. The van der Waals surface area contributed by atoms with Crippen LogP contribution >= 0.6 is 11.3 Å². The number of pyridine rings is 1. The Labute approximate surface area is 147 Å². The van der Waals surface area contributed by atoms with Gasteiger partial charge in [-0.3, -0.25) is 19.9 Å². The number of ether oxygens (including phenoxy) is 1. The van der Waals surface area contributed by atoms with Gasteiger partial charge in [0.05, 0.1) is 16.1 Å². The van der Waals surface area contributed by atoms with E-state index in [1.54, 1.807) is 36.7 Å². The van der Waals surface area contributed by atoms with E-state index in [1.165, 1.54) is 11.3 Å². The third-order valence-corrected chi connectivity index (χ3v) is 4.08. The molecule has 0 aliphatic carbocycles. The number of para-hydroxylation sites is 1. The molecular formula is C17H14N4O3S. The molecule has 2 heterocycles. The number of thiazole rings is 1. The first-order valence-electron chi connectivity index (χ1n) is 7.32. The van der Waals surface area contributed by atoms with Crippen molar-refractivity contribution in [2.75, 3.05) is 11.9 Å². The average molecular weight is 354 g/mol. The van der Waals surface area contributed by atoms with Crippen LogP contribution in [0.15, 0.2) is 54.9 Å². The third-order valence-electron chi connectivity index (χ3n) is 3.15. The van der Waals surface area contributed by atoms with Crippen molar-refractivity contribution in [3.05, 3.63) is 60.4 Å². The van der Waals surface area contributed by atoms with E-state index in [-0.39, 0.29) is 18.3 Å². The van der Waals surface area contributed by atoms with Gasteiger partial charge in [-0.2, -0.15) is 0 Å². The number of carbonyl (C=O) groups excluding carboxylic acids is 2. The molecule has 0 spiro atoms. The van der Waals surface area contributed by atoms with E-state index < -0.39 is 5.91 Å². The molecule has 2 amide bonds. The van der Waals surface area contributed by atoms with Gasteiger partial charge in [0.1, 0.15) is 5.75 Å². The van der Waals surface area contributed by atoms with Crippen molar-refractivity contribution in [1.82, 2.24) is 9.97 Å². The van der Waals surface area contributed by atoms with Crippen molar-refractivity contribution in [2.45, 2.75) is 0 Å². The summed E-state index contributed by atoms with van der Waals surface area (Å²) in [5.74, 6) is -0.725. The quantitative estimate of drug-likeness (QED) is 0.706. The van der Waals surface area contributed by atoms with Crippen LogP contribution in [-0.2, 0) is 4.79 Å². The minimum absolute atomic E-state index is 0.278. The minimum Gasteiger partial charge on any atom is -0.483 e. The number of hydrogen-bond donors (Lipinski definition) is 2. The third kappa shape index (κ3) is 4.18. The van der Waals surface area contributed by atoms with Gasteiger partial charge in [0.15, 0.2) is 11.7 Å². The highest BCUT2D eigenvalue weighted by Gasteiger charge is 2.15. The number of benzene rings is 1. The van der Waals surface area contributed by atoms with Gasteiger partial charge in [-0.1, -0.05) is 29.5 Å². The Balaban J connectivity index is 1.75. The number of carbonyl (C=O) groups is 2. The van der Waals surface area contributed by atoms with Crippen molar-refractivity contribution in [3.63, 3.8) is 0 Å². The van der Waals surface area contributed by atoms with E-state index in [2.05, 4.69) is 15.3 Å². The lowest BCUT2D eigenvalue weighted by molar-refractivity contribution is -0.119. The molecule has 25 heavy (non-hydrogen) atoms. The number of nitrogens with two attached hydrogens (primary N) is 1. The Morgan fingerprint density at radius 1 is 1.12 bits per heavy atom. The maximum absolute atomic E-state index is 12.5. The van der Waals surface area contributed by atoms with Crippen molar-refractivity contribution in [2.24, 2.45) is 5.73 Å². The normalized spacial score (nSPS) is 10.2. The topological polar surface area (TPSA) is 107 Å². The smallest absolute Gasteiger partial charge is 0.261 e. The Hall–Kier alpha value is -3.26. The predicted octanol–water partition coefficient (Wildman–Crippen LogP) is 2.32. The number of primary amides is 1. The molecule has 3 aromatic rings. The maximum Gasteiger partial charge on any atom is 0.261 e. The van der Waals surface area contributed by atoms with Gasteiger partial charge in [-0.05, 0) is 24.3 Å². The predicted molar refractivity (Wildman–Crippen MR) is 94.4 cm³/mol. The number of aromatic nitrogens is 2. The summed E-state index contributed by atoms with van der Waals surface area (Å²) in [6.07, 6.45) is 3.34. The summed E-state index contributed by atoms with van der Waals surface area (Å²) in [6.45, 7) is -0.300. The van der Waals surface area contributed by atoms with Crippen molar-refractivity contribution < 1.29 is 14.3 Å². The molecule has 0 saturated heterocycles. The Morgan fingerprint density at radius 3 is 2.68 bits per heavy atom. The molecule has 7 nitrogen and oxygen atoms in total. The molecule has 0 saturated carbocycles. The van der Waals surface area contributed by atoms with Crippen LogP contribution in [0.5, 0.6) is 5.75 Å². The van der Waals surface area contributed by atoms with Gasteiger partial charge in [-0.25, -0.2) is 4.98 Å². The molecule has 0 radical (unpaired) electrons. The standard InChI is InChI=1S/C17H14N4O3S/c18-15(22)10-24-13-7-2-1-5-11(13)16(23)21-17-20-9-14(25-17)12-6-3-4-8-19-12/h1-9H,10H2,(H2,18,22)(H,20,21,23). The zero-order valence-corrected chi connectivity index (χ0v) is 13.8. The molecule has 8 heteroatoms. The lowest BCUT2D eigenvalue weighted by atomic mass is 10.2.